The molecule has 1 aliphatic heterocycles. The summed E-state index contributed by atoms with van der Waals surface area (Å²) in [6, 6.07) is 11.5. The van der Waals surface area contributed by atoms with E-state index in [1.807, 2.05) is 13.8 Å². The maximum atomic E-state index is 13.1. The van der Waals surface area contributed by atoms with Crippen molar-refractivity contribution in [2.75, 3.05) is 21.3 Å². The molecule has 0 radical (unpaired) electrons. The molecule has 1 saturated heterocycles. The average molecular weight is 439 g/mol. The number of para-hydroxylation sites is 2. The standard InChI is InChI=1S/C20H26N2O5S2/c1-15(2)27-19-9-5-4-8-18(19)21-29(25,26)20-14-17(11-10-16(20)3)22-12-6-7-13-28(22,23)24/h4-5,8-11,14-15,21H,6-7,12-13H2,1-3H3. The van der Waals surface area contributed by atoms with Crippen molar-refractivity contribution in [2.24, 2.45) is 0 Å². The Morgan fingerprint density at radius 3 is 2.52 bits per heavy atom. The number of aryl methyl sites for hydroxylation is 1. The Morgan fingerprint density at radius 2 is 1.83 bits per heavy atom. The second-order valence-electron chi connectivity index (χ2n) is 7.31. The number of ether oxygens (including phenoxy) is 1. The average Bonchev–Trinajstić information content (AvgIpc) is 2.63. The highest BCUT2D eigenvalue weighted by molar-refractivity contribution is 7.93. The van der Waals surface area contributed by atoms with E-state index in [-0.39, 0.29) is 16.8 Å². The number of hydrogen-bond acceptors (Lipinski definition) is 5. The summed E-state index contributed by atoms with van der Waals surface area (Å²) in [5.41, 5.74) is 1.22. The van der Waals surface area contributed by atoms with Crippen molar-refractivity contribution in [1.82, 2.24) is 0 Å². The maximum absolute atomic E-state index is 13.1. The van der Waals surface area contributed by atoms with Gasteiger partial charge in [-0.15, -0.1) is 0 Å². The van der Waals surface area contributed by atoms with Gasteiger partial charge in [-0.3, -0.25) is 9.03 Å². The highest BCUT2D eigenvalue weighted by Gasteiger charge is 2.28. The molecule has 2 aromatic carbocycles. The zero-order valence-electron chi connectivity index (χ0n) is 16.8. The van der Waals surface area contributed by atoms with Crippen LogP contribution in [-0.4, -0.2) is 35.2 Å². The lowest BCUT2D eigenvalue weighted by Gasteiger charge is -2.28. The molecule has 9 heteroatoms. The Hall–Kier alpha value is -2.26. The van der Waals surface area contributed by atoms with Crippen LogP contribution < -0.4 is 13.8 Å². The van der Waals surface area contributed by atoms with Gasteiger partial charge in [0.15, 0.2) is 0 Å². The predicted molar refractivity (Wildman–Crippen MR) is 115 cm³/mol. The van der Waals surface area contributed by atoms with Gasteiger partial charge in [0.1, 0.15) is 5.75 Å². The van der Waals surface area contributed by atoms with E-state index in [1.54, 1.807) is 43.3 Å². The van der Waals surface area contributed by atoms with Crippen molar-refractivity contribution in [1.29, 1.82) is 0 Å². The minimum absolute atomic E-state index is 0.0372. The van der Waals surface area contributed by atoms with Crippen LogP contribution in [-0.2, 0) is 20.0 Å². The van der Waals surface area contributed by atoms with Gasteiger partial charge in [-0.05, 0) is 63.4 Å². The smallest absolute Gasteiger partial charge is 0.262 e. The van der Waals surface area contributed by atoms with Crippen LogP contribution >= 0.6 is 0 Å². The molecule has 0 saturated carbocycles. The number of rotatable bonds is 6. The van der Waals surface area contributed by atoms with Crippen LogP contribution in [0, 0.1) is 6.92 Å². The molecule has 2 aromatic rings. The van der Waals surface area contributed by atoms with Gasteiger partial charge in [-0.25, -0.2) is 16.8 Å². The number of sulfonamides is 2. The number of benzene rings is 2. The summed E-state index contributed by atoms with van der Waals surface area (Å²) in [5, 5.41) is 0. The van der Waals surface area contributed by atoms with Gasteiger partial charge in [0.2, 0.25) is 10.0 Å². The fourth-order valence-corrected chi connectivity index (χ4v) is 6.19. The molecule has 0 atom stereocenters. The van der Waals surface area contributed by atoms with Gasteiger partial charge in [-0.2, -0.15) is 0 Å². The second kappa shape index (κ2) is 8.23. The minimum atomic E-state index is -3.95. The van der Waals surface area contributed by atoms with Gasteiger partial charge in [0.05, 0.1) is 28.1 Å². The fourth-order valence-electron chi connectivity index (χ4n) is 3.22. The van der Waals surface area contributed by atoms with Crippen LogP contribution in [0.3, 0.4) is 0 Å². The number of nitrogens with zero attached hydrogens (tertiary/aromatic N) is 1. The van der Waals surface area contributed by atoms with Crippen molar-refractivity contribution in [2.45, 2.75) is 44.6 Å². The lowest BCUT2D eigenvalue weighted by molar-refractivity contribution is 0.244. The topological polar surface area (TPSA) is 92.8 Å². The zero-order valence-corrected chi connectivity index (χ0v) is 18.4. The molecular formula is C20H26N2O5S2. The van der Waals surface area contributed by atoms with E-state index >= 15 is 0 Å². The summed E-state index contributed by atoms with van der Waals surface area (Å²) in [6.07, 6.45) is 1.24. The Morgan fingerprint density at radius 1 is 1.10 bits per heavy atom. The normalized spacial score (nSPS) is 16.6. The van der Waals surface area contributed by atoms with Gasteiger partial charge < -0.3 is 4.74 Å². The number of hydrogen-bond donors (Lipinski definition) is 1. The molecule has 1 aliphatic rings. The van der Waals surface area contributed by atoms with Crippen LogP contribution in [0.5, 0.6) is 5.75 Å². The molecule has 0 unspecified atom stereocenters. The second-order valence-corrected chi connectivity index (χ2v) is 11.0. The molecular weight excluding hydrogens is 412 g/mol. The van der Waals surface area contributed by atoms with E-state index in [2.05, 4.69) is 4.72 Å². The summed E-state index contributed by atoms with van der Waals surface area (Å²) in [4.78, 5) is 0.0372. The van der Waals surface area contributed by atoms with Crippen LogP contribution in [0.1, 0.15) is 32.3 Å². The Bertz CT molecular complexity index is 1100. The van der Waals surface area contributed by atoms with Gasteiger partial charge in [-0.1, -0.05) is 18.2 Å². The molecule has 0 amide bonds. The lowest BCUT2D eigenvalue weighted by atomic mass is 10.2. The maximum Gasteiger partial charge on any atom is 0.262 e. The summed E-state index contributed by atoms with van der Waals surface area (Å²) >= 11 is 0. The summed E-state index contributed by atoms with van der Waals surface area (Å²) in [5.74, 6) is 0.500. The van der Waals surface area contributed by atoms with E-state index < -0.39 is 20.0 Å². The number of anilines is 2. The lowest BCUT2D eigenvalue weighted by Crippen LogP contribution is -2.38. The molecule has 1 heterocycles. The van der Waals surface area contributed by atoms with E-state index in [4.69, 9.17) is 4.74 Å². The first-order valence-corrected chi connectivity index (χ1v) is 12.6. The molecule has 29 heavy (non-hydrogen) atoms. The van der Waals surface area contributed by atoms with E-state index in [0.717, 1.165) is 6.42 Å². The first kappa shape index (κ1) is 21.4. The van der Waals surface area contributed by atoms with Crippen molar-refractivity contribution in [3.05, 3.63) is 48.0 Å². The van der Waals surface area contributed by atoms with Gasteiger partial charge in [0, 0.05) is 6.54 Å². The SMILES string of the molecule is Cc1ccc(N2CCCCS2(=O)=O)cc1S(=O)(=O)Nc1ccccc1OC(C)C. The molecule has 0 bridgehead atoms. The van der Waals surface area contributed by atoms with Crippen molar-refractivity contribution >= 4 is 31.4 Å². The molecule has 3 rings (SSSR count). The third-order valence-corrected chi connectivity index (χ3v) is 7.97. The van der Waals surface area contributed by atoms with Crippen LogP contribution in [0.25, 0.3) is 0 Å². The first-order valence-electron chi connectivity index (χ1n) is 9.50. The molecule has 1 fully saturated rings. The quantitative estimate of drug-likeness (QED) is 0.745. The van der Waals surface area contributed by atoms with Crippen molar-refractivity contribution in [3.63, 3.8) is 0 Å². The minimum Gasteiger partial charge on any atom is -0.489 e. The van der Waals surface area contributed by atoms with E-state index in [0.29, 0.717) is 35.7 Å². The van der Waals surface area contributed by atoms with Crippen LogP contribution in [0.4, 0.5) is 11.4 Å². The van der Waals surface area contributed by atoms with Gasteiger partial charge >= 0.3 is 0 Å². The van der Waals surface area contributed by atoms with Crippen molar-refractivity contribution < 1.29 is 21.6 Å². The first-order chi connectivity index (χ1) is 13.6. The summed E-state index contributed by atoms with van der Waals surface area (Å²) < 4.78 is 60.6. The monoisotopic (exact) mass is 438 g/mol. The number of nitrogens with one attached hydrogen (secondary N) is 1. The largest absolute Gasteiger partial charge is 0.489 e. The van der Waals surface area contributed by atoms with E-state index in [9.17, 15) is 16.8 Å². The van der Waals surface area contributed by atoms with Crippen LogP contribution in [0.2, 0.25) is 0 Å². The van der Waals surface area contributed by atoms with Crippen LogP contribution in [0.15, 0.2) is 47.4 Å². The Balaban J connectivity index is 1.98. The zero-order chi connectivity index (χ0) is 21.2. The third-order valence-electron chi connectivity index (χ3n) is 4.59. The fraction of sp³-hybridized carbons (Fsp3) is 0.400. The van der Waals surface area contributed by atoms with E-state index in [1.165, 1.54) is 10.4 Å². The predicted octanol–water partition coefficient (Wildman–Crippen LogP) is 3.51. The third kappa shape index (κ3) is 4.84. The molecule has 158 valence electrons. The van der Waals surface area contributed by atoms with Crippen molar-refractivity contribution in [3.8, 4) is 5.75 Å². The van der Waals surface area contributed by atoms with Gasteiger partial charge in [0.25, 0.3) is 10.0 Å². The molecule has 7 nitrogen and oxygen atoms in total. The molecule has 0 spiro atoms. The molecule has 0 aromatic heterocycles. The Labute approximate surface area is 172 Å². The summed E-state index contributed by atoms with van der Waals surface area (Å²) in [7, 11) is -7.38. The highest BCUT2D eigenvalue weighted by Crippen LogP contribution is 2.31. The molecule has 1 N–H and O–H groups in total. The molecule has 0 aliphatic carbocycles. The summed E-state index contributed by atoms with van der Waals surface area (Å²) in [6.45, 7) is 5.75. The Kier molecular flexibility index (Phi) is 6.09. The highest BCUT2D eigenvalue weighted by atomic mass is 32.2.